The molecule has 5 heteroatoms. The fraction of sp³-hybridized carbons (Fsp3) is 0.286. The van der Waals surface area contributed by atoms with E-state index >= 15 is 0 Å². The lowest BCUT2D eigenvalue weighted by Crippen LogP contribution is -2.21. The molecule has 0 aliphatic rings. The average molecular weight is 280 g/mol. The Morgan fingerprint density at radius 3 is 2.58 bits per heavy atom. The molecule has 19 heavy (non-hydrogen) atoms. The minimum absolute atomic E-state index is 0.0545. The van der Waals surface area contributed by atoms with Gasteiger partial charge in [-0.25, -0.2) is 14.4 Å². The van der Waals surface area contributed by atoms with Crippen LogP contribution in [0.15, 0.2) is 30.6 Å². The first-order valence-electron chi connectivity index (χ1n) is 6.00. The molecule has 0 fully saturated rings. The van der Waals surface area contributed by atoms with E-state index in [0.29, 0.717) is 12.2 Å². The van der Waals surface area contributed by atoms with E-state index in [-0.39, 0.29) is 11.1 Å². The molecular weight excluding hydrogens is 265 g/mol. The summed E-state index contributed by atoms with van der Waals surface area (Å²) in [6.07, 6.45) is 4.15. The normalized spacial score (nSPS) is 12.4. The number of halogens is 2. The van der Waals surface area contributed by atoms with Crippen molar-refractivity contribution in [3.05, 3.63) is 58.4 Å². The van der Waals surface area contributed by atoms with Crippen LogP contribution in [0.5, 0.6) is 0 Å². The topological polar surface area (TPSA) is 37.8 Å². The molecule has 1 aromatic carbocycles. The summed E-state index contributed by atoms with van der Waals surface area (Å²) in [5.41, 5.74) is 1.86. The van der Waals surface area contributed by atoms with E-state index in [0.717, 1.165) is 11.1 Å². The highest BCUT2D eigenvalue weighted by Crippen LogP contribution is 2.20. The van der Waals surface area contributed by atoms with Crippen LogP contribution in [0.25, 0.3) is 0 Å². The monoisotopic (exact) mass is 279 g/mol. The second-order valence-corrected chi connectivity index (χ2v) is 4.82. The molecule has 100 valence electrons. The quantitative estimate of drug-likeness (QED) is 0.935. The highest BCUT2D eigenvalue weighted by atomic mass is 35.5. The van der Waals surface area contributed by atoms with E-state index in [9.17, 15) is 4.39 Å². The second-order valence-electron chi connectivity index (χ2n) is 4.41. The zero-order valence-electron chi connectivity index (χ0n) is 10.8. The Morgan fingerprint density at radius 2 is 2.00 bits per heavy atom. The highest BCUT2D eigenvalue weighted by molar-refractivity contribution is 6.30. The van der Waals surface area contributed by atoms with Crippen molar-refractivity contribution in [1.82, 2.24) is 15.3 Å². The van der Waals surface area contributed by atoms with E-state index in [2.05, 4.69) is 15.3 Å². The van der Waals surface area contributed by atoms with E-state index in [1.54, 1.807) is 18.5 Å². The fourth-order valence-electron chi connectivity index (χ4n) is 1.81. The lowest BCUT2D eigenvalue weighted by atomic mass is 10.1. The Morgan fingerprint density at radius 1 is 1.32 bits per heavy atom. The number of benzene rings is 1. The van der Waals surface area contributed by atoms with Gasteiger partial charge in [-0.15, -0.1) is 0 Å². The Bertz CT molecular complexity index is 557. The van der Waals surface area contributed by atoms with Crippen LogP contribution >= 0.6 is 11.6 Å². The van der Waals surface area contributed by atoms with Crippen LogP contribution in [-0.2, 0) is 6.42 Å². The van der Waals surface area contributed by atoms with Crippen LogP contribution in [0.4, 0.5) is 4.39 Å². The molecule has 0 saturated carbocycles. The van der Waals surface area contributed by atoms with E-state index < -0.39 is 5.82 Å². The first-order valence-corrected chi connectivity index (χ1v) is 6.37. The van der Waals surface area contributed by atoms with Gasteiger partial charge in [0.15, 0.2) is 0 Å². The molecule has 1 heterocycles. The summed E-state index contributed by atoms with van der Waals surface area (Å²) in [4.78, 5) is 8.58. The van der Waals surface area contributed by atoms with Gasteiger partial charge in [0, 0.05) is 12.4 Å². The predicted octanol–water partition coefficient (Wildman–Crippen LogP) is 3.08. The molecule has 1 aromatic heterocycles. The van der Waals surface area contributed by atoms with Gasteiger partial charge in [-0.05, 0) is 43.7 Å². The van der Waals surface area contributed by atoms with Crippen molar-refractivity contribution < 1.29 is 4.39 Å². The van der Waals surface area contributed by atoms with Gasteiger partial charge in [-0.2, -0.15) is 0 Å². The fourth-order valence-corrected chi connectivity index (χ4v) is 1.92. The lowest BCUT2D eigenvalue weighted by Gasteiger charge is -2.15. The van der Waals surface area contributed by atoms with E-state index in [1.807, 2.05) is 20.0 Å². The zero-order chi connectivity index (χ0) is 13.8. The van der Waals surface area contributed by atoms with Crippen LogP contribution in [0.2, 0.25) is 5.02 Å². The van der Waals surface area contributed by atoms with Crippen LogP contribution in [0.1, 0.15) is 23.0 Å². The standard InChI is InChI=1S/C14H15ClFN3/c1-9-7-18-14(19-8-9)13(17-2)6-10-3-4-11(15)12(16)5-10/h3-5,7-8,13,17H,6H2,1-2H3. The van der Waals surface area contributed by atoms with Crippen LogP contribution in [-0.4, -0.2) is 17.0 Å². The first kappa shape index (κ1) is 13.9. The number of hydrogen-bond donors (Lipinski definition) is 1. The molecule has 0 aliphatic carbocycles. The van der Waals surface area contributed by atoms with Gasteiger partial charge in [-0.1, -0.05) is 17.7 Å². The number of hydrogen-bond acceptors (Lipinski definition) is 3. The van der Waals surface area contributed by atoms with Crippen molar-refractivity contribution in [3.8, 4) is 0 Å². The second kappa shape index (κ2) is 6.08. The number of aromatic nitrogens is 2. The third-order valence-corrected chi connectivity index (χ3v) is 3.19. The third kappa shape index (κ3) is 3.49. The summed E-state index contributed by atoms with van der Waals surface area (Å²) in [7, 11) is 1.83. The first-order chi connectivity index (χ1) is 9.10. The minimum atomic E-state index is -0.404. The number of likely N-dealkylation sites (N-methyl/N-ethyl adjacent to an activating group) is 1. The summed E-state index contributed by atoms with van der Waals surface area (Å²) >= 11 is 5.67. The Labute approximate surface area is 116 Å². The summed E-state index contributed by atoms with van der Waals surface area (Å²) in [5.74, 6) is 0.294. The molecule has 0 radical (unpaired) electrons. The molecule has 1 atom stereocenters. The SMILES string of the molecule is CNC(Cc1ccc(Cl)c(F)c1)c1ncc(C)cn1. The molecule has 0 spiro atoms. The summed E-state index contributed by atoms with van der Waals surface area (Å²) < 4.78 is 13.4. The van der Waals surface area contributed by atoms with Crippen molar-refractivity contribution >= 4 is 11.6 Å². The number of nitrogens with one attached hydrogen (secondary N) is 1. The van der Waals surface area contributed by atoms with Crippen LogP contribution in [0, 0.1) is 12.7 Å². The maximum atomic E-state index is 13.4. The number of aryl methyl sites for hydroxylation is 1. The van der Waals surface area contributed by atoms with Crippen LogP contribution < -0.4 is 5.32 Å². The molecule has 2 rings (SSSR count). The maximum absolute atomic E-state index is 13.4. The van der Waals surface area contributed by atoms with E-state index in [4.69, 9.17) is 11.6 Å². The third-order valence-electron chi connectivity index (χ3n) is 2.88. The van der Waals surface area contributed by atoms with Crippen molar-refractivity contribution in [1.29, 1.82) is 0 Å². The molecule has 1 unspecified atom stereocenters. The molecular formula is C14H15ClFN3. The summed E-state index contributed by atoms with van der Waals surface area (Å²) in [5, 5.41) is 3.28. The molecule has 0 saturated heterocycles. The predicted molar refractivity (Wildman–Crippen MR) is 73.7 cm³/mol. The van der Waals surface area contributed by atoms with Gasteiger partial charge < -0.3 is 5.32 Å². The Hall–Kier alpha value is -1.52. The number of nitrogens with zero attached hydrogens (tertiary/aromatic N) is 2. The molecule has 2 aromatic rings. The lowest BCUT2D eigenvalue weighted by molar-refractivity contribution is 0.553. The van der Waals surface area contributed by atoms with E-state index in [1.165, 1.54) is 6.07 Å². The van der Waals surface area contributed by atoms with Gasteiger partial charge in [0.2, 0.25) is 0 Å². The van der Waals surface area contributed by atoms with Crippen molar-refractivity contribution in [3.63, 3.8) is 0 Å². The van der Waals surface area contributed by atoms with Gasteiger partial charge in [0.1, 0.15) is 11.6 Å². The van der Waals surface area contributed by atoms with Crippen molar-refractivity contribution in [2.24, 2.45) is 0 Å². The Balaban J connectivity index is 2.18. The van der Waals surface area contributed by atoms with Gasteiger partial charge >= 0.3 is 0 Å². The molecule has 0 bridgehead atoms. The maximum Gasteiger partial charge on any atom is 0.145 e. The van der Waals surface area contributed by atoms with Gasteiger partial charge in [-0.3, -0.25) is 0 Å². The highest BCUT2D eigenvalue weighted by Gasteiger charge is 2.13. The minimum Gasteiger partial charge on any atom is -0.310 e. The molecule has 0 aliphatic heterocycles. The average Bonchev–Trinajstić information content (AvgIpc) is 2.41. The van der Waals surface area contributed by atoms with Crippen LogP contribution in [0.3, 0.4) is 0 Å². The van der Waals surface area contributed by atoms with Crippen molar-refractivity contribution in [2.75, 3.05) is 7.05 Å². The largest absolute Gasteiger partial charge is 0.310 e. The molecule has 0 amide bonds. The molecule has 1 N–H and O–H groups in total. The summed E-state index contributed by atoms with van der Waals surface area (Å²) in [6, 6.07) is 4.76. The zero-order valence-corrected chi connectivity index (χ0v) is 11.6. The van der Waals surface area contributed by atoms with Gasteiger partial charge in [0.05, 0.1) is 11.1 Å². The van der Waals surface area contributed by atoms with Gasteiger partial charge in [0.25, 0.3) is 0 Å². The van der Waals surface area contributed by atoms with Crippen molar-refractivity contribution in [2.45, 2.75) is 19.4 Å². The summed E-state index contributed by atoms with van der Waals surface area (Å²) in [6.45, 7) is 1.94. The number of rotatable bonds is 4. The molecule has 3 nitrogen and oxygen atoms in total. The smallest absolute Gasteiger partial charge is 0.145 e. The Kier molecular flexibility index (Phi) is 4.45.